The second-order valence-electron chi connectivity index (χ2n) is 7.72. The Balaban J connectivity index is 1.56. The van der Waals surface area contributed by atoms with Crippen LogP contribution in [0.15, 0.2) is 23.1 Å². The molecule has 0 aromatic heterocycles. The minimum absolute atomic E-state index is 0.000530. The van der Waals surface area contributed by atoms with Crippen LogP contribution in [0.5, 0.6) is 0 Å². The summed E-state index contributed by atoms with van der Waals surface area (Å²) in [4.78, 5) is 12.2. The molecule has 1 aromatic carbocycles. The van der Waals surface area contributed by atoms with E-state index in [1.165, 1.54) is 4.31 Å². The first-order valence-corrected chi connectivity index (χ1v) is 11.0. The van der Waals surface area contributed by atoms with Gasteiger partial charge in [-0.25, -0.2) is 17.2 Å². The smallest absolute Gasteiger partial charge is 0.243 e. The van der Waals surface area contributed by atoms with Crippen LogP contribution in [0.3, 0.4) is 0 Å². The second kappa shape index (κ2) is 8.22. The molecular formula is C19H26F2N2O3S. The predicted octanol–water partition coefficient (Wildman–Crippen LogP) is 3.06. The van der Waals surface area contributed by atoms with Gasteiger partial charge in [-0.05, 0) is 62.6 Å². The first-order chi connectivity index (χ1) is 12.8. The summed E-state index contributed by atoms with van der Waals surface area (Å²) in [7, 11) is -3.89. The Morgan fingerprint density at radius 2 is 1.67 bits per heavy atom. The predicted molar refractivity (Wildman–Crippen MR) is 97.4 cm³/mol. The highest BCUT2D eigenvalue weighted by atomic mass is 32.2. The lowest BCUT2D eigenvalue weighted by molar-refractivity contribution is -0.127. The minimum Gasteiger partial charge on any atom is -0.353 e. The van der Waals surface area contributed by atoms with E-state index < -0.39 is 21.7 Å². The van der Waals surface area contributed by atoms with Gasteiger partial charge < -0.3 is 5.32 Å². The van der Waals surface area contributed by atoms with E-state index >= 15 is 0 Å². The van der Waals surface area contributed by atoms with Gasteiger partial charge >= 0.3 is 0 Å². The van der Waals surface area contributed by atoms with E-state index in [4.69, 9.17) is 0 Å². The number of rotatable bonds is 4. The van der Waals surface area contributed by atoms with E-state index in [1.54, 1.807) is 0 Å². The Bertz CT molecular complexity index is 784. The number of piperidine rings is 1. The fourth-order valence-corrected chi connectivity index (χ4v) is 5.35. The van der Waals surface area contributed by atoms with Crippen molar-refractivity contribution in [2.75, 3.05) is 13.1 Å². The minimum atomic E-state index is -3.89. The molecule has 1 amide bonds. The van der Waals surface area contributed by atoms with E-state index in [2.05, 4.69) is 12.2 Å². The molecule has 0 radical (unpaired) electrons. The molecular weight excluding hydrogens is 374 g/mol. The highest BCUT2D eigenvalue weighted by molar-refractivity contribution is 7.89. The summed E-state index contributed by atoms with van der Waals surface area (Å²) < 4.78 is 52.9. The van der Waals surface area contributed by atoms with Crippen LogP contribution in [0.25, 0.3) is 0 Å². The SMILES string of the molecule is CC1CCC(NC(=O)C2CCN(S(=O)(=O)c3ccc(F)c(F)c3)CC2)CC1. The van der Waals surface area contributed by atoms with Crippen molar-refractivity contribution in [3.05, 3.63) is 29.8 Å². The number of carbonyl (C=O) groups excluding carboxylic acids is 1. The van der Waals surface area contributed by atoms with E-state index in [0.29, 0.717) is 24.8 Å². The molecule has 1 aliphatic carbocycles. The molecule has 3 rings (SSSR count). The average molecular weight is 400 g/mol. The number of nitrogens with one attached hydrogen (secondary N) is 1. The van der Waals surface area contributed by atoms with E-state index in [9.17, 15) is 22.0 Å². The number of carbonyl (C=O) groups is 1. The maximum atomic E-state index is 13.4. The van der Waals surface area contributed by atoms with Gasteiger partial charge in [0.1, 0.15) is 0 Å². The molecule has 150 valence electrons. The normalized spacial score (nSPS) is 25.3. The van der Waals surface area contributed by atoms with Gasteiger partial charge in [0.05, 0.1) is 4.90 Å². The zero-order valence-electron chi connectivity index (χ0n) is 15.5. The zero-order chi connectivity index (χ0) is 19.6. The monoisotopic (exact) mass is 400 g/mol. The molecule has 1 N–H and O–H groups in total. The number of hydrogen-bond acceptors (Lipinski definition) is 3. The second-order valence-corrected chi connectivity index (χ2v) is 9.66. The van der Waals surface area contributed by atoms with Crippen LogP contribution >= 0.6 is 0 Å². The van der Waals surface area contributed by atoms with Gasteiger partial charge in [0.2, 0.25) is 15.9 Å². The topological polar surface area (TPSA) is 66.5 Å². The third-order valence-electron chi connectivity index (χ3n) is 5.72. The van der Waals surface area contributed by atoms with Crippen LogP contribution in [-0.2, 0) is 14.8 Å². The Morgan fingerprint density at radius 1 is 1.04 bits per heavy atom. The molecule has 8 heteroatoms. The van der Waals surface area contributed by atoms with E-state index in [-0.39, 0.29) is 35.9 Å². The van der Waals surface area contributed by atoms with Crippen LogP contribution in [0.4, 0.5) is 8.78 Å². The zero-order valence-corrected chi connectivity index (χ0v) is 16.3. The molecule has 0 unspecified atom stereocenters. The quantitative estimate of drug-likeness (QED) is 0.845. The summed E-state index contributed by atoms with van der Waals surface area (Å²) in [6, 6.07) is 2.80. The summed E-state index contributed by atoms with van der Waals surface area (Å²) in [5.41, 5.74) is 0. The lowest BCUT2D eigenvalue weighted by atomic mass is 9.87. The lowest BCUT2D eigenvalue weighted by Crippen LogP contribution is -2.46. The van der Waals surface area contributed by atoms with Crippen LogP contribution in [0, 0.1) is 23.5 Å². The van der Waals surface area contributed by atoms with Gasteiger partial charge in [-0.1, -0.05) is 6.92 Å². The summed E-state index contributed by atoms with van der Waals surface area (Å²) >= 11 is 0. The highest BCUT2D eigenvalue weighted by Gasteiger charge is 2.33. The third-order valence-corrected chi connectivity index (χ3v) is 7.61. The largest absolute Gasteiger partial charge is 0.353 e. The van der Waals surface area contributed by atoms with Crippen LogP contribution < -0.4 is 5.32 Å². The maximum absolute atomic E-state index is 13.4. The summed E-state index contributed by atoms with van der Waals surface area (Å²) in [5, 5.41) is 3.11. The van der Waals surface area contributed by atoms with Crippen molar-refractivity contribution in [2.45, 2.75) is 56.4 Å². The standard InChI is InChI=1S/C19H26F2N2O3S/c1-13-2-4-15(5-3-13)22-19(24)14-8-10-23(11-9-14)27(25,26)16-6-7-17(20)18(21)12-16/h6-7,12-15H,2-5,8-11H2,1H3,(H,22,24). The number of nitrogens with zero attached hydrogens (tertiary/aromatic N) is 1. The van der Waals surface area contributed by atoms with E-state index in [0.717, 1.165) is 37.8 Å². The van der Waals surface area contributed by atoms with Crippen LogP contribution in [0.1, 0.15) is 45.4 Å². The van der Waals surface area contributed by atoms with Crippen LogP contribution in [0.2, 0.25) is 0 Å². The maximum Gasteiger partial charge on any atom is 0.243 e. The molecule has 0 spiro atoms. The Kier molecular flexibility index (Phi) is 6.15. The molecule has 5 nitrogen and oxygen atoms in total. The molecule has 0 bridgehead atoms. The fraction of sp³-hybridized carbons (Fsp3) is 0.632. The van der Waals surface area contributed by atoms with Crippen molar-refractivity contribution >= 4 is 15.9 Å². The highest BCUT2D eigenvalue weighted by Crippen LogP contribution is 2.27. The summed E-state index contributed by atoms with van der Waals surface area (Å²) in [5.74, 6) is -1.77. The van der Waals surface area contributed by atoms with Crippen molar-refractivity contribution < 1.29 is 22.0 Å². The third kappa shape index (κ3) is 4.66. The van der Waals surface area contributed by atoms with Crippen molar-refractivity contribution in [3.63, 3.8) is 0 Å². The number of amides is 1. The summed E-state index contributed by atoms with van der Waals surface area (Å²) in [6.07, 6.45) is 5.09. The Labute approximate surface area is 159 Å². The average Bonchev–Trinajstić information content (AvgIpc) is 2.66. The molecule has 27 heavy (non-hydrogen) atoms. The van der Waals surface area contributed by atoms with Gasteiger partial charge in [-0.3, -0.25) is 4.79 Å². The molecule has 1 saturated heterocycles. The fourth-order valence-electron chi connectivity index (χ4n) is 3.87. The van der Waals surface area contributed by atoms with Crippen molar-refractivity contribution in [3.8, 4) is 0 Å². The summed E-state index contributed by atoms with van der Waals surface area (Å²) in [6.45, 7) is 2.61. The van der Waals surface area contributed by atoms with Crippen molar-refractivity contribution in [1.82, 2.24) is 9.62 Å². The van der Waals surface area contributed by atoms with Gasteiger partial charge in [0, 0.05) is 25.0 Å². The lowest BCUT2D eigenvalue weighted by Gasteiger charge is -2.32. The number of sulfonamides is 1. The Hall–Kier alpha value is -1.54. The van der Waals surface area contributed by atoms with Gasteiger partial charge in [-0.2, -0.15) is 4.31 Å². The van der Waals surface area contributed by atoms with Crippen LogP contribution in [-0.4, -0.2) is 37.8 Å². The first kappa shape index (κ1) is 20.2. The molecule has 0 atom stereocenters. The molecule has 1 heterocycles. The number of halogens is 2. The molecule has 2 fully saturated rings. The molecule has 1 aliphatic heterocycles. The van der Waals surface area contributed by atoms with Gasteiger partial charge in [-0.15, -0.1) is 0 Å². The van der Waals surface area contributed by atoms with E-state index in [1.807, 2.05) is 0 Å². The molecule has 1 aromatic rings. The first-order valence-electron chi connectivity index (χ1n) is 9.53. The van der Waals surface area contributed by atoms with Gasteiger partial charge in [0.15, 0.2) is 11.6 Å². The van der Waals surface area contributed by atoms with Crippen molar-refractivity contribution in [2.24, 2.45) is 11.8 Å². The number of benzene rings is 1. The molecule has 1 saturated carbocycles. The number of hydrogen-bond donors (Lipinski definition) is 1. The van der Waals surface area contributed by atoms with Crippen molar-refractivity contribution in [1.29, 1.82) is 0 Å². The van der Waals surface area contributed by atoms with Gasteiger partial charge in [0.25, 0.3) is 0 Å². The molecule has 2 aliphatic rings. The Morgan fingerprint density at radius 3 is 2.26 bits per heavy atom.